The van der Waals surface area contributed by atoms with Crippen LogP contribution in [0.3, 0.4) is 0 Å². The molecule has 86 heavy (non-hydrogen) atoms. The number of aryl methyl sites for hydroxylation is 1. The van der Waals surface area contributed by atoms with Crippen LogP contribution in [-0.2, 0) is 31.3 Å². The Kier molecular flexibility index (Phi) is 20.9. The quantitative estimate of drug-likeness (QED) is 0.0397. The Balaban J connectivity index is 1.44. The summed E-state index contributed by atoms with van der Waals surface area (Å²) >= 11 is 13.2. The van der Waals surface area contributed by atoms with Gasteiger partial charge in [-0.2, -0.15) is 0 Å². The molecule has 5 aromatic carbocycles. The number of nitrogens with one attached hydrogen (secondary N) is 4. The van der Waals surface area contributed by atoms with E-state index in [1.165, 1.54) is 31.7 Å². The van der Waals surface area contributed by atoms with Gasteiger partial charge in [-0.15, -0.1) is 0 Å². The van der Waals surface area contributed by atoms with Crippen molar-refractivity contribution in [2.24, 2.45) is 27.6 Å². The van der Waals surface area contributed by atoms with Crippen molar-refractivity contribution < 1.29 is 58.6 Å². The third kappa shape index (κ3) is 13.7. The van der Waals surface area contributed by atoms with Gasteiger partial charge in [-0.3, -0.25) is 34.5 Å². The number of hydrogen-bond donors (Lipinski definition) is 9. The van der Waals surface area contributed by atoms with Crippen molar-refractivity contribution in [1.29, 1.82) is 0 Å². The molecule has 10 unspecified atom stereocenters. The maximum Gasteiger partial charge on any atom is 0.248 e. The normalized spacial score (nSPS) is 24.0. The molecule has 0 aliphatic carbocycles. The van der Waals surface area contributed by atoms with E-state index in [9.17, 15) is 25.2 Å². The fourth-order valence-corrected chi connectivity index (χ4v) is 12.2. The Bertz CT molecular complexity index is 3470. The molecule has 3 amide bonds. The van der Waals surface area contributed by atoms with Crippen molar-refractivity contribution in [2.45, 2.75) is 135 Å². The van der Waals surface area contributed by atoms with Gasteiger partial charge in [-0.05, 0) is 153 Å². The summed E-state index contributed by atoms with van der Waals surface area (Å²) in [4.78, 5) is 69.6. The molecule has 458 valence electrons. The van der Waals surface area contributed by atoms with Crippen LogP contribution in [0.5, 0.6) is 34.5 Å². The van der Waals surface area contributed by atoms with E-state index in [0.29, 0.717) is 79.5 Å². The number of carbonyl (C=O) groups is 4. The molecular weight excluding hydrogens is 1140 g/mol. The van der Waals surface area contributed by atoms with Gasteiger partial charge in [0.1, 0.15) is 64.3 Å². The summed E-state index contributed by atoms with van der Waals surface area (Å²) in [7, 11) is 4.77. The molecule has 5 aromatic rings. The van der Waals surface area contributed by atoms with Crippen LogP contribution in [0.25, 0.3) is 11.1 Å². The molecule has 19 nitrogen and oxygen atoms in total. The van der Waals surface area contributed by atoms with E-state index in [2.05, 4.69) is 35.1 Å². The molecule has 5 aliphatic heterocycles. The van der Waals surface area contributed by atoms with Crippen LogP contribution < -0.4 is 45.9 Å². The first kappa shape index (κ1) is 64.8. The number of benzene rings is 5. The number of aliphatic hydroxyl groups is 4. The molecule has 11 bridgehead atoms. The fourth-order valence-electron chi connectivity index (χ4n) is 11.7. The number of rotatable bonds is 13. The summed E-state index contributed by atoms with van der Waals surface area (Å²) < 4.78 is 25.4. The predicted molar refractivity (Wildman–Crippen MR) is 334 cm³/mol. The second kappa shape index (κ2) is 27.7. The van der Waals surface area contributed by atoms with Crippen LogP contribution in [-0.4, -0.2) is 119 Å². The molecule has 0 fully saturated rings. The minimum atomic E-state index is -1.80. The number of primary amides is 1. The number of ether oxygens (including phenoxy) is 4. The number of thiocarbonyl (C=S) groups is 1. The highest BCUT2D eigenvalue weighted by molar-refractivity contribution is 7.79. The number of halogens is 1. The molecule has 0 aromatic heterocycles. The van der Waals surface area contributed by atoms with Crippen LogP contribution in [0, 0.1) is 25.7 Å². The lowest BCUT2D eigenvalue weighted by molar-refractivity contribution is -0.134. The number of fused-ring (bicyclic) bond motifs is 14. The number of hydrogen-bond acceptors (Lipinski definition) is 17. The molecule has 21 heteroatoms. The lowest BCUT2D eigenvalue weighted by Crippen LogP contribution is -2.52. The number of nitrogens with two attached hydrogens (primary N) is 1. The van der Waals surface area contributed by atoms with Crippen LogP contribution >= 0.6 is 23.8 Å². The van der Waals surface area contributed by atoms with Crippen LogP contribution in [0.2, 0.25) is 5.02 Å². The zero-order chi connectivity index (χ0) is 62.5. The van der Waals surface area contributed by atoms with Gasteiger partial charge in [-0.1, -0.05) is 68.9 Å². The average molecular weight is 1220 g/mol. The van der Waals surface area contributed by atoms with Gasteiger partial charge >= 0.3 is 0 Å². The number of carbonyl (C=O) groups excluding carboxylic acids is 4. The Morgan fingerprint density at radius 1 is 0.895 bits per heavy atom. The Morgan fingerprint density at radius 2 is 1.57 bits per heavy atom. The van der Waals surface area contributed by atoms with Crippen molar-refractivity contribution in [1.82, 2.24) is 21.3 Å². The van der Waals surface area contributed by atoms with Gasteiger partial charge in [0.2, 0.25) is 17.7 Å². The van der Waals surface area contributed by atoms with Crippen LogP contribution in [0.15, 0.2) is 88.8 Å². The number of amides is 3. The van der Waals surface area contributed by atoms with Crippen molar-refractivity contribution in [3.05, 3.63) is 128 Å². The Labute approximate surface area is 512 Å². The van der Waals surface area contributed by atoms with Gasteiger partial charge in [0.25, 0.3) is 0 Å². The smallest absolute Gasteiger partial charge is 0.248 e. The van der Waals surface area contributed by atoms with E-state index < -0.39 is 96.9 Å². The minimum absolute atomic E-state index is 0.0333. The van der Waals surface area contributed by atoms with Crippen LogP contribution in [0.4, 0.5) is 0 Å². The number of aliphatic hydroxyl groups excluding tert-OH is 4. The Hall–Kier alpha value is -7.14. The van der Waals surface area contributed by atoms with Crippen molar-refractivity contribution in [2.75, 3.05) is 34.4 Å². The zero-order valence-electron chi connectivity index (χ0n) is 50.1. The monoisotopic (exact) mass is 1220 g/mol. The summed E-state index contributed by atoms with van der Waals surface area (Å²) in [5, 5.41) is 61.3. The van der Waals surface area contributed by atoms with Crippen molar-refractivity contribution >= 4 is 64.1 Å². The first-order valence-electron chi connectivity index (χ1n) is 28.8. The third-order valence-electron chi connectivity index (χ3n) is 16.7. The summed E-state index contributed by atoms with van der Waals surface area (Å²) in [6.45, 7) is 11.7. The second-order valence-corrected chi connectivity index (χ2v) is 23.6. The van der Waals surface area contributed by atoms with E-state index in [0.717, 1.165) is 0 Å². The SMILES string of the molecule is CCC1CC(CO)c2cc(OC)cc(OC)c2-c2cc(ccc2CO)C2NCC3(C=S)N=C(C)C(CC(N)=O)NC(=O)C(N=C(C)C(CC(C)C)NC)C(O)c4ccc(c(C)c4)Oc4cc3cc(c4C)Oc3ccc(cc3Cl)C(O)C(NC2=O)C1=O. The maximum atomic E-state index is 15.8. The molecule has 10 atom stereocenters. The topological polar surface area (TPSA) is 285 Å². The summed E-state index contributed by atoms with van der Waals surface area (Å²) in [6, 6.07) is 15.5. The largest absolute Gasteiger partial charge is 0.497 e. The maximum absolute atomic E-state index is 15.8. The Morgan fingerprint density at radius 3 is 2.16 bits per heavy atom. The lowest BCUT2D eigenvalue weighted by Gasteiger charge is -2.34. The van der Waals surface area contributed by atoms with Crippen LogP contribution in [0.1, 0.15) is 129 Å². The number of methoxy groups -OCH3 is 2. The predicted octanol–water partition coefficient (Wildman–Crippen LogP) is 8.18. The van der Waals surface area contributed by atoms with Gasteiger partial charge in [0.05, 0.1) is 38.3 Å². The van der Waals surface area contributed by atoms with Crippen molar-refractivity contribution in [3.8, 4) is 45.6 Å². The molecule has 10 rings (SSSR count). The third-order valence-corrected chi connectivity index (χ3v) is 17.4. The lowest BCUT2D eigenvalue weighted by atomic mass is 9.79. The number of ketones is 1. The number of nitrogens with zero attached hydrogens (tertiary/aromatic N) is 2. The molecule has 0 spiro atoms. The van der Waals surface area contributed by atoms with Gasteiger partial charge in [0, 0.05) is 65.0 Å². The van der Waals surface area contributed by atoms with E-state index >= 15 is 14.4 Å². The second-order valence-electron chi connectivity index (χ2n) is 22.9. The highest BCUT2D eigenvalue weighted by Gasteiger charge is 2.42. The first-order chi connectivity index (χ1) is 41.0. The highest BCUT2D eigenvalue weighted by Crippen LogP contribution is 2.47. The molecule has 5 aliphatic rings. The standard InChI is InChI=1S/C65H78ClN7O12S/c1-11-37-20-42(29-75)46-25-44(82-9)26-54(83-10)56(46)45-21-38(12-13-41(45)28-74)57-63(80)72-58(60(37)77)61(78)40-15-17-51(47(66)22-40)85-53-24-43-23-52(34(53)5)84-50-16-14-39(19-33(50)4)62(79)59(70-35(6)48(68-8)18-32(2)3)64(81)71-49(27-55(67)76)36(7)73-65(43,31-86)30-69-57/h12-17,19,21-26,31-32,37,42,48-49,57-59,61-62,68-69,74-75,78-79H,11,18,20,27-30H2,1-10H3,(H2,67,76)(H,71,81)(H,72,80). The van der Waals surface area contributed by atoms with E-state index in [4.69, 9.17) is 58.5 Å². The molecule has 10 N–H and O–H groups in total. The van der Waals surface area contributed by atoms with E-state index in [-0.39, 0.29) is 64.9 Å². The minimum Gasteiger partial charge on any atom is -0.497 e. The van der Waals surface area contributed by atoms with Gasteiger partial charge in [0.15, 0.2) is 11.8 Å². The summed E-state index contributed by atoms with van der Waals surface area (Å²) in [5.74, 6) is -2.50. The molecule has 5 heterocycles. The first-order valence-corrected chi connectivity index (χ1v) is 29.7. The fraction of sp³-hybridized carbons (Fsp3) is 0.431. The van der Waals surface area contributed by atoms with Gasteiger partial charge < -0.3 is 61.1 Å². The molecule has 0 saturated carbocycles. The summed E-state index contributed by atoms with van der Waals surface area (Å²) in [6.07, 6.45) is -2.68. The number of Topliss-reactive ketones (excluding diaryl/α,β-unsaturated/α-hetero) is 1. The highest BCUT2D eigenvalue weighted by atomic mass is 35.5. The molecule has 0 radical (unpaired) electrons. The number of aliphatic imine (C=N–C) groups is 2. The summed E-state index contributed by atoms with van der Waals surface area (Å²) in [5.41, 5.74) is 8.99. The van der Waals surface area contributed by atoms with Gasteiger partial charge in [-0.25, -0.2) is 0 Å². The zero-order valence-corrected chi connectivity index (χ0v) is 51.7. The van der Waals surface area contributed by atoms with E-state index in [1.807, 2.05) is 6.92 Å². The average Bonchev–Trinajstić information content (AvgIpc) is 1.16. The van der Waals surface area contributed by atoms with Crippen molar-refractivity contribution in [3.63, 3.8) is 0 Å². The molecule has 0 saturated heterocycles. The van der Waals surface area contributed by atoms with E-state index in [1.54, 1.807) is 101 Å². The molecular formula is C65H78ClN7O12S.